The van der Waals surface area contributed by atoms with Crippen LogP contribution in [0.3, 0.4) is 0 Å². The number of amides is 2. The first kappa shape index (κ1) is 17.3. The van der Waals surface area contributed by atoms with Crippen molar-refractivity contribution in [2.75, 3.05) is 11.4 Å². The Morgan fingerprint density at radius 2 is 2.16 bits per heavy atom. The lowest BCUT2D eigenvalue weighted by molar-refractivity contribution is -0.117. The molecule has 1 aliphatic rings. The average Bonchev–Trinajstić information content (AvgIpc) is 3.30. The summed E-state index contributed by atoms with van der Waals surface area (Å²) in [6.07, 6.45) is 5.36. The molecule has 1 fully saturated rings. The van der Waals surface area contributed by atoms with Crippen LogP contribution in [0, 0.1) is 11.7 Å². The first-order valence-electron chi connectivity index (χ1n) is 8.01. The van der Waals surface area contributed by atoms with E-state index in [0.29, 0.717) is 23.3 Å². The largest absolute Gasteiger partial charge is 0.352 e. The highest BCUT2D eigenvalue weighted by Gasteiger charge is 2.21. The highest BCUT2D eigenvalue weighted by molar-refractivity contribution is 7.14. The van der Waals surface area contributed by atoms with E-state index in [9.17, 15) is 14.0 Å². The van der Waals surface area contributed by atoms with Gasteiger partial charge in [-0.25, -0.2) is 9.37 Å². The number of benzene rings is 1. The van der Waals surface area contributed by atoms with Gasteiger partial charge in [-0.05, 0) is 37.0 Å². The lowest BCUT2D eigenvalue weighted by atomic mass is 10.3. The zero-order valence-electron chi connectivity index (χ0n) is 13.7. The smallest absolute Gasteiger partial charge is 0.244 e. The Kier molecular flexibility index (Phi) is 5.23. The number of nitrogens with one attached hydrogen (secondary N) is 1. The van der Waals surface area contributed by atoms with Crippen molar-refractivity contribution in [2.24, 2.45) is 5.92 Å². The molecule has 0 radical (unpaired) electrons. The summed E-state index contributed by atoms with van der Waals surface area (Å²) in [6.45, 7) is 2.06. The van der Waals surface area contributed by atoms with Crippen LogP contribution in [0.1, 0.15) is 25.5 Å². The van der Waals surface area contributed by atoms with Crippen molar-refractivity contribution in [3.05, 3.63) is 47.2 Å². The molecule has 0 saturated heterocycles. The highest BCUT2D eigenvalue weighted by atomic mass is 32.1. The van der Waals surface area contributed by atoms with Crippen LogP contribution in [-0.2, 0) is 9.59 Å². The standard InChI is InChI=1S/C18H18FN3O2S/c1-12(23)22(16-5-3-2-4-15(16)19)18-21-14(11-25-18)8-9-17(24)20-10-13-6-7-13/h2-5,8-9,11,13H,6-7,10H2,1H3,(H,20,24)/b9-8+. The van der Waals surface area contributed by atoms with E-state index in [1.165, 1.54) is 54.2 Å². The van der Waals surface area contributed by atoms with E-state index in [1.54, 1.807) is 23.6 Å². The summed E-state index contributed by atoms with van der Waals surface area (Å²) >= 11 is 1.21. The van der Waals surface area contributed by atoms with Gasteiger partial charge < -0.3 is 5.32 Å². The van der Waals surface area contributed by atoms with E-state index in [-0.39, 0.29) is 17.5 Å². The van der Waals surface area contributed by atoms with E-state index in [1.807, 2.05) is 0 Å². The molecule has 5 nitrogen and oxygen atoms in total. The van der Waals surface area contributed by atoms with E-state index in [0.717, 1.165) is 0 Å². The zero-order chi connectivity index (χ0) is 17.8. The van der Waals surface area contributed by atoms with E-state index in [4.69, 9.17) is 0 Å². The molecule has 7 heteroatoms. The van der Waals surface area contributed by atoms with Crippen LogP contribution in [0.25, 0.3) is 6.08 Å². The van der Waals surface area contributed by atoms with E-state index >= 15 is 0 Å². The second-order valence-electron chi connectivity index (χ2n) is 5.88. The van der Waals surface area contributed by atoms with Crippen molar-refractivity contribution < 1.29 is 14.0 Å². The molecule has 0 spiro atoms. The van der Waals surface area contributed by atoms with Gasteiger partial charge in [0.15, 0.2) is 5.13 Å². The maximum atomic E-state index is 14.0. The van der Waals surface area contributed by atoms with Crippen LogP contribution in [0.15, 0.2) is 35.7 Å². The fourth-order valence-electron chi connectivity index (χ4n) is 2.28. The quantitative estimate of drug-likeness (QED) is 0.803. The predicted molar refractivity (Wildman–Crippen MR) is 96.1 cm³/mol. The molecule has 1 aliphatic carbocycles. The summed E-state index contributed by atoms with van der Waals surface area (Å²) in [7, 11) is 0. The Morgan fingerprint density at radius 1 is 1.40 bits per heavy atom. The van der Waals surface area contributed by atoms with Crippen molar-refractivity contribution in [3.63, 3.8) is 0 Å². The summed E-state index contributed by atoms with van der Waals surface area (Å²) in [5, 5.41) is 4.91. The number of hydrogen-bond acceptors (Lipinski definition) is 4. The van der Waals surface area contributed by atoms with Crippen molar-refractivity contribution in [1.82, 2.24) is 10.3 Å². The molecule has 0 unspecified atom stereocenters. The number of carbonyl (C=O) groups is 2. The normalized spacial score (nSPS) is 13.8. The highest BCUT2D eigenvalue weighted by Crippen LogP contribution is 2.31. The van der Waals surface area contributed by atoms with Crippen LogP contribution in [0.2, 0.25) is 0 Å². The van der Waals surface area contributed by atoms with Gasteiger partial charge in [-0.3, -0.25) is 14.5 Å². The average molecular weight is 359 g/mol. The third-order valence-electron chi connectivity index (χ3n) is 3.78. The number of para-hydroxylation sites is 1. The van der Waals surface area contributed by atoms with E-state index in [2.05, 4.69) is 10.3 Å². The Balaban J connectivity index is 1.73. The first-order chi connectivity index (χ1) is 12.0. The van der Waals surface area contributed by atoms with Gasteiger partial charge in [0, 0.05) is 24.9 Å². The van der Waals surface area contributed by atoms with Gasteiger partial charge in [0.05, 0.1) is 11.4 Å². The number of nitrogens with zero attached hydrogens (tertiary/aromatic N) is 2. The van der Waals surface area contributed by atoms with Crippen LogP contribution in [0.5, 0.6) is 0 Å². The van der Waals surface area contributed by atoms with Gasteiger partial charge in [0.1, 0.15) is 5.82 Å². The molecule has 0 aliphatic heterocycles. The Hall–Kier alpha value is -2.54. The topological polar surface area (TPSA) is 62.3 Å². The Morgan fingerprint density at radius 3 is 2.84 bits per heavy atom. The molecule has 2 amide bonds. The molecule has 1 heterocycles. The molecule has 2 aromatic rings. The minimum absolute atomic E-state index is 0.155. The second-order valence-corrected chi connectivity index (χ2v) is 6.72. The molecular weight excluding hydrogens is 341 g/mol. The second kappa shape index (κ2) is 7.57. The van der Waals surface area contributed by atoms with Crippen LogP contribution >= 0.6 is 11.3 Å². The molecule has 25 heavy (non-hydrogen) atoms. The maximum absolute atomic E-state index is 14.0. The van der Waals surface area contributed by atoms with Crippen molar-refractivity contribution in [1.29, 1.82) is 0 Å². The van der Waals surface area contributed by atoms with Crippen LogP contribution in [0.4, 0.5) is 15.2 Å². The SMILES string of the molecule is CC(=O)N(c1nc(/C=C/C(=O)NCC2CC2)cs1)c1ccccc1F. The summed E-state index contributed by atoms with van der Waals surface area (Å²) in [4.78, 5) is 29.2. The minimum atomic E-state index is -0.496. The summed E-state index contributed by atoms with van der Waals surface area (Å²) in [6, 6.07) is 6.04. The van der Waals surface area contributed by atoms with Crippen LogP contribution < -0.4 is 10.2 Å². The lowest BCUT2D eigenvalue weighted by Crippen LogP contribution is -2.23. The molecule has 1 N–H and O–H groups in total. The van der Waals surface area contributed by atoms with Crippen LogP contribution in [-0.4, -0.2) is 23.3 Å². The molecule has 130 valence electrons. The molecule has 1 aromatic heterocycles. The predicted octanol–water partition coefficient (Wildman–Crippen LogP) is 3.51. The lowest BCUT2D eigenvalue weighted by Gasteiger charge is -2.18. The van der Waals surface area contributed by atoms with E-state index < -0.39 is 5.82 Å². The van der Waals surface area contributed by atoms with Gasteiger partial charge >= 0.3 is 0 Å². The third kappa shape index (κ3) is 4.51. The first-order valence-corrected chi connectivity index (χ1v) is 8.89. The van der Waals surface area contributed by atoms with Crippen molar-refractivity contribution >= 4 is 40.0 Å². The molecule has 0 bridgehead atoms. The van der Waals surface area contributed by atoms with Crippen molar-refractivity contribution in [2.45, 2.75) is 19.8 Å². The number of carbonyl (C=O) groups excluding carboxylic acids is 2. The number of rotatable bonds is 6. The Labute approximate surface area is 149 Å². The fraction of sp³-hybridized carbons (Fsp3) is 0.278. The van der Waals surface area contributed by atoms with Gasteiger partial charge in [-0.2, -0.15) is 0 Å². The monoisotopic (exact) mass is 359 g/mol. The number of hydrogen-bond donors (Lipinski definition) is 1. The molecular formula is C18H18FN3O2S. The zero-order valence-corrected chi connectivity index (χ0v) is 14.6. The summed E-state index contributed by atoms with van der Waals surface area (Å²) in [5.41, 5.74) is 0.700. The molecule has 1 saturated carbocycles. The third-order valence-corrected chi connectivity index (χ3v) is 4.62. The van der Waals surface area contributed by atoms with Gasteiger partial charge in [0.25, 0.3) is 0 Å². The van der Waals surface area contributed by atoms with Gasteiger partial charge in [-0.15, -0.1) is 11.3 Å². The minimum Gasteiger partial charge on any atom is -0.352 e. The summed E-state index contributed by atoms with van der Waals surface area (Å²) in [5.74, 6) is -0.381. The van der Waals surface area contributed by atoms with Gasteiger partial charge in [-0.1, -0.05) is 12.1 Å². The number of halogens is 1. The van der Waals surface area contributed by atoms with Gasteiger partial charge in [0.2, 0.25) is 11.8 Å². The number of aromatic nitrogens is 1. The number of thiazole rings is 1. The molecule has 3 rings (SSSR count). The molecule has 0 atom stereocenters. The molecule has 1 aromatic carbocycles. The number of anilines is 2. The fourth-order valence-corrected chi connectivity index (χ4v) is 3.13. The maximum Gasteiger partial charge on any atom is 0.244 e. The van der Waals surface area contributed by atoms with Crippen molar-refractivity contribution in [3.8, 4) is 0 Å². The Bertz CT molecular complexity index is 814. The summed E-state index contributed by atoms with van der Waals surface area (Å²) < 4.78 is 14.0.